The molecular weight excluding hydrogens is 653 g/mol. The van der Waals surface area contributed by atoms with E-state index < -0.39 is 0 Å². The molecule has 0 atom stereocenters. The van der Waals surface area contributed by atoms with Gasteiger partial charge >= 0.3 is 0 Å². The SMILES string of the molecule is Cn1c2ccccc2c2ccc(-c3cccc4c(-c5ccccc5-c5ccccc5)c5cccc(-c6ccc7c8ccccc8n(C)c7c6)c5cc34)cc21. The van der Waals surface area contributed by atoms with Gasteiger partial charge in [-0.05, 0) is 96.4 Å². The van der Waals surface area contributed by atoms with Crippen LogP contribution >= 0.6 is 0 Å². The molecule has 2 aromatic heterocycles. The predicted molar refractivity (Wildman–Crippen MR) is 231 cm³/mol. The fraction of sp³-hybridized carbons (Fsp3) is 0.0385. The molecule has 0 aliphatic carbocycles. The van der Waals surface area contributed by atoms with Crippen LogP contribution in [0.1, 0.15) is 0 Å². The maximum Gasteiger partial charge on any atom is 0.0494 e. The van der Waals surface area contributed by atoms with Crippen molar-refractivity contribution in [3.8, 4) is 44.5 Å². The van der Waals surface area contributed by atoms with Gasteiger partial charge in [0.1, 0.15) is 0 Å². The molecule has 0 N–H and O–H groups in total. The summed E-state index contributed by atoms with van der Waals surface area (Å²) in [6.45, 7) is 0. The summed E-state index contributed by atoms with van der Waals surface area (Å²) in [4.78, 5) is 0. The van der Waals surface area contributed by atoms with Crippen molar-refractivity contribution in [2.75, 3.05) is 0 Å². The lowest BCUT2D eigenvalue weighted by Gasteiger charge is -2.19. The van der Waals surface area contributed by atoms with Gasteiger partial charge in [-0.25, -0.2) is 0 Å². The standard InChI is InChI=1S/C52H36N2/c1-53-48-24-10-8-17-39(48)41-28-26-34(30-50(41)53)37-20-12-22-44-46(37)32-47-38(35-27-29-42-40-18-9-11-25-49(40)54(2)51(42)31-35)21-13-23-45(47)52(44)43-19-7-6-16-36(43)33-14-4-3-5-15-33/h3-32H,1-2H3. The first-order chi connectivity index (χ1) is 26.6. The summed E-state index contributed by atoms with van der Waals surface area (Å²) < 4.78 is 4.66. The van der Waals surface area contributed by atoms with Gasteiger partial charge in [-0.1, -0.05) is 152 Å². The number of aromatic nitrogens is 2. The van der Waals surface area contributed by atoms with E-state index in [1.54, 1.807) is 0 Å². The van der Waals surface area contributed by atoms with Gasteiger partial charge in [-0.2, -0.15) is 0 Å². The highest BCUT2D eigenvalue weighted by Crippen LogP contribution is 2.46. The van der Waals surface area contributed by atoms with Crippen LogP contribution in [0.5, 0.6) is 0 Å². The third kappa shape index (κ3) is 4.47. The van der Waals surface area contributed by atoms with Crippen LogP contribution in [0.3, 0.4) is 0 Å². The van der Waals surface area contributed by atoms with Crippen molar-refractivity contribution >= 4 is 65.2 Å². The third-order valence-corrected chi connectivity index (χ3v) is 11.8. The van der Waals surface area contributed by atoms with Crippen LogP contribution in [0.25, 0.3) is 110 Å². The average Bonchev–Trinajstić information content (AvgIpc) is 3.69. The van der Waals surface area contributed by atoms with Crippen LogP contribution in [0, 0.1) is 0 Å². The fourth-order valence-corrected chi connectivity index (χ4v) is 9.19. The van der Waals surface area contributed by atoms with Crippen LogP contribution in [0.15, 0.2) is 182 Å². The minimum absolute atomic E-state index is 1.22. The van der Waals surface area contributed by atoms with Crippen LogP contribution < -0.4 is 0 Å². The Hall–Kier alpha value is -6.90. The molecule has 2 heteroatoms. The van der Waals surface area contributed by atoms with E-state index in [0.29, 0.717) is 0 Å². The smallest absolute Gasteiger partial charge is 0.0494 e. The average molecular weight is 689 g/mol. The highest BCUT2D eigenvalue weighted by molar-refractivity contribution is 6.21. The molecule has 2 heterocycles. The summed E-state index contributed by atoms with van der Waals surface area (Å²) in [6.07, 6.45) is 0. The van der Waals surface area contributed by atoms with Crippen LogP contribution in [0.4, 0.5) is 0 Å². The molecule has 9 aromatic carbocycles. The topological polar surface area (TPSA) is 9.86 Å². The minimum atomic E-state index is 1.22. The largest absolute Gasteiger partial charge is 0.344 e. The number of rotatable bonds is 4. The molecule has 0 saturated heterocycles. The van der Waals surface area contributed by atoms with Gasteiger partial charge < -0.3 is 9.13 Å². The van der Waals surface area contributed by atoms with Gasteiger partial charge in [0.05, 0.1) is 0 Å². The Morgan fingerprint density at radius 1 is 0.259 bits per heavy atom. The van der Waals surface area contributed by atoms with Gasteiger partial charge in [-0.15, -0.1) is 0 Å². The molecule has 0 unspecified atom stereocenters. The van der Waals surface area contributed by atoms with E-state index in [1.807, 2.05) is 0 Å². The van der Waals surface area contributed by atoms with Crippen LogP contribution in [-0.2, 0) is 14.1 Å². The Balaban J connectivity index is 1.24. The Kier molecular flexibility index (Phi) is 6.72. The van der Waals surface area contributed by atoms with Crippen molar-refractivity contribution in [2.24, 2.45) is 14.1 Å². The number of nitrogens with zero attached hydrogens (tertiary/aromatic N) is 2. The number of fused-ring (bicyclic) bond motifs is 8. The highest BCUT2D eigenvalue weighted by Gasteiger charge is 2.20. The van der Waals surface area contributed by atoms with E-state index in [1.165, 1.54) is 110 Å². The zero-order chi connectivity index (χ0) is 35.9. The first-order valence-electron chi connectivity index (χ1n) is 18.7. The van der Waals surface area contributed by atoms with Gasteiger partial charge in [-0.3, -0.25) is 0 Å². The summed E-state index contributed by atoms with van der Waals surface area (Å²) in [7, 11) is 4.37. The number of para-hydroxylation sites is 2. The summed E-state index contributed by atoms with van der Waals surface area (Å²) in [5, 5.41) is 10.1. The van der Waals surface area contributed by atoms with E-state index in [0.717, 1.165) is 0 Å². The van der Waals surface area contributed by atoms with Gasteiger partial charge in [0.15, 0.2) is 0 Å². The molecule has 0 saturated carbocycles. The third-order valence-electron chi connectivity index (χ3n) is 11.8. The number of hydrogen-bond acceptors (Lipinski definition) is 0. The summed E-state index contributed by atoms with van der Waals surface area (Å²) >= 11 is 0. The summed E-state index contributed by atoms with van der Waals surface area (Å²) in [5.41, 5.74) is 14.8. The molecule has 2 nitrogen and oxygen atoms in total. The quantitative estimate of drug-likeness (QED) is 0.163. The van der Waals surface area contributed by atoms with Crippen molar-refractivity contribution in [3.63, 3.8) is 0 Å². The van der Waals surface area contributed by atoms with E-state index in [-0.39, 0.29) is 0 Å². The fourth-order valence-electron chi connectivity index (χ4n) is 9.19. The van der Waals surface area contributed by atoms with E-state index in [9.17, 15) is 0 Å². The Morgan fingerprint density at radius 3 is 1.24 bits per heavy atom. The first-order valence-corrected chi connectivity index (χ1v) is 18.7. The van der Waals surface area contributed by atoms with Crippen molar-refractivity contribution < 1.29 is 0 Å². The molecule has 11 rings (SSSR count). The van der Waals surface area contributed by atoms with E-state index >= 15 is 0 Å². The van der Waals surface area contributed by atoms with E-state index in [2.05, 4.69) is 205 Å². The normalized spacial score (nSPS) is 11.9. The lowest BCUT2D eigenvalue weighted by molar-refractivity contribution is 1.01. The minimum Gasteiger partial charge on any atom is -0.344 e. The Bertz CT molecular complexity index is 3110. The lowest BCUT2D eigenvalue weighted by atomic mass is 9.84. The predicted octanol–water partition coefficient (Wildman–Crippen LogP) is 14.0. The number of benzene rings is 9. The first kappa shape index (κ1) is 30.7. The Morgan fingerprint density at radius 2 is 0.685 bits per heavy atom. The second-order valence-electron chi connectivity index (χ2n) is 14.6. The zero-order valence-electron chi connectivity index (χ0n) is 30.2. The van der Waals surface area contributed by atoms with Crippen molar-refractivity contribution in [2.45, 2.75) is 0 Å². The molecule has 254 valence electrons. The van der Waals surface area contributed by atoms with Crippen LogP contribution in [0.2, 0.25) is 0 Å². The maximum atomic E-state index is 2.46. The van der Waals surface area contributed by atoms with Gasteiger partial charge in [0.25, 0.3) is 0 Å². The zero-order valence-corrected chi connectivity index (χ0v) is 30.2. The maximum absolute atomic E-state index is 2.46. The molecule has 0 aliphatic rings. The van der Waals surface area contributed by atoms with Crippen molar-refractivity contribution in [3.05, 3.63) is 182 Å². The van der Waals surface area contributed by atoms with Gasteiger partial charge in [0, 0.05) is 57.7 Å². The van der Waals surface area contributed by atoms with Crippen LogP contribution in [-0.4, -0.2) is 9.13 Å². The number of hydrogen-bond donors (Lipinski definition) is 0. The van der Waals surface area contributed by atoms with E-state index in [4.69, 9.17) is 0 Å². The molecule has 11 aromatic rings. The number of aryl methyl sites for hydroxylation is 2. The molecule has 0 spiro atoms. The Labute approximate surface area is 313 Å². The lowest BCUT2D eigenvalue weighted by Crippen LogP contribution is -1.93. The second-order valence-corrected chi connectivity index (χ2v) is 14.6. The molecule has 0 amide bonds. The summed E-state index contributed by atoms with van der Waals surface area (Å²) in [5.74, 6) is 0. The molecule has 0 radical (unpaired) electrons. The van der Waals surface area contributed by atoms with Crippen molar-refractivity contribution in [1.82, 2.24) is 9.13 Å². The molecule has 54 heavy (non-hydrogen) atoms. The molecular formula is C52H36N2. The van der Waals surface area contributed by atoms with Crippen molar-refractivity contribution in [1.29, 1.82) is 0 Å². The second kappa shape index (κ2) is 11.8. The molecule has 0 aliphatic heterocycles. The van der Waals surface area contributed by atoms with Gasteiger partial charge in [0.2, 0.25) is 0 Å². The summed E-state index contributed by atoms with van der Waals surface area (Å²) in [6, 6.07) is 67.3. The monoisotopic (exact) mass is 688 g/mol. The molecule has 0 bridgehead atoms. The molecule has 0 fully saturated rings. The highest BCUT2D eigenvalue weighted by atomic mass is 14.9.